The molecule has 70 valence electrons. The predicted octanol–water partition coefficient (Wildman–Crippen LogP) is -0.984. The van der Waals surface area contributed by atoms with Crippen LogP contribution in [0.4, 0.5) is 0 Å². The summed E-state index contributed by atoms with van der Waals surface area (Å²) in [6.07, 6.45) is -3.65. The van der Waals surface area contributed by atoms with Crippen LogP contribution in [0, 0.1) is 0 Å². The number of hydrogen-bond donors (Lipinski definition) is 2. The summed E-state index contributed by atoms with van der Waals surface area (Å²) in [4.78, 5) is 10.5. The third-order valence-electron chi connectivity index (χ3n) is 1.75. The first-order valence-electron chi connectivity index (χ1n) is 3.71. The van der Waals surface area contributed by atoms with E-state index in [2.05, 4.69) is 4.74 Å². The average Bonchev–Trinajstić information content (AvgIpc) is 2.16. The van der Waals surface area contributed by atoms with Gasteiger partial charge in [-0.2, -0.15) is 0 Å². The highest BCUT2D eigenvalue weighted by Gasteiger charge is 2.42. The maximum atomic E-state index is 10.5. The van der Waals surface area contributed by atoms with Crippen molar-refractivity contribution in [3.63, 3.8) is 0 Å². The molecule has 5 nitrogen and oxygen atoms in total. The van der Waals surface area contributed by atoms with Gasteiger partial charge in [0, 0.05) is 6.92 Å². The topological polar surface area (TPSA) is 76.0 Å². The van der Waals surface area contributed by atoms with Crippen molar-refractivity contribution in [3.05, 3.63) is 0 Å². The number of aliphatic hydroxyl groups is 2. The molecule has 0 amide bonds. The Morgan fingerprint density at radius 1 is 1.50 bits per heavy atom. The van der Waals surface area contributed by atoms with Crippen LogP contribution in [0.2, 0.25) is 0 Å². The molecule has 1 aliphatic rings. The van der Waals surface area contributed by atoms with E-state index in [4.69, 9.17) is 9.84 Å². The summed E-state index contributed by atoms with van der Waals surface area (Å²) < 4.78 is 9.46. The number of rotatable bonds is 1. The zero-order valence-corrected chi connectivity index (χ0v) is 6.93. The summed E-state index contributed by atoms with van der Waals surface area (Å²) in [7, 11) is 0. The average molecular weight is 176 g/mol. The van der Waals surface area contributed by atoms with Gasteiger partial charge in [0.1, 0.15) is 6.10 Å². The Bertz CT molecular complexity index is 181. The first-order chi connectivity index (χ1) is 5.52. The zero-order valence-electron chi connectivity index (χ0n) is 6.93. The Morgan fingerprint density at radius 2 is 2.08 bits per heavy atom. The lowest BCUT2D eigenvalue weighted by atomic mass is 10.1. The van der Waals surface area contributed by atoms with Gasteiger partial charge in [0.15, 0.2) is 12.4 Å². The van der Waals surface area contributed by atoms with Crippen LogP contribution in [-0.2, 0) is 14.3 Å². The summed E-state index contributed by atoms with van der Waals surface area (Å²) in [5.74, 6) is -0.546. The molecule has 5 heteroatoms. The summed E-state index contributed by atoms with van der Waals surface area (Å²) in [5.41, 5.74) is 0. The van der Waals surface area contributed by atoms with E-state index >= 15 is 0 Å². The molecule has 0 aliphatic carbocycles. The van der Waals surface area contributed by atoms with Crippen LogP contribution in [0.25, 0.3) is 0 Å². The second kappa shape index (κ2) is 3.38. The minimum Gasteiger partial charge on any atom is -0.454 e. The van der Waals surface area contributed by atoms with Crippen molar-refractivity contribution in [2.75, 3.05) is 0 Å². The Morgan fingerprint density at radius 3 is 2.42 bits per heavy atom. The first-order valence-corrected chi connectivity index (χ1v) is 3.71. The molecule has 0 spiro atoms. The van der Waals surface area contributed by atoms with E-state index in [1.165, 1.54) is 6.92 Å². The number of carbonyl (C=O) groups excluding carboxylic acids is 1. The highest BCUT2D eigenvalue weighted by molar-refractivity contribution is 5.66. The van der Waals surface area contributed by atoms with Gasteiger partial charge >= 0.3 is 5.97 Å². The van der Waals surface area contributed by atoms with E-state index in [1.807, 2.05) is 0 Å². The van der Waals surface area contributed by atoms with Gasteiger partial charge in [-0.3, -0.25) is 4.79 Å². The molecule has 4 atom stereocenters. The van der Waals surface area contributed by atoms with Crippen molar-refractivity contribution in [1.29, 1.82) is 0 Å². The van der Waals surface area contributed by atoms with Gasteiger partial charge in [0.05, 0.1) is 6.10 Å². The van der Waals surface area contributed by atoms with Crippen LogP contribution in [0.15, 0.2) is 0 Å². The lowest BCUT2D eigenvalue weighted by Gasteiger charge is -2.15. The number of carbonyl (C=O) groups is 1. The normalized spacial score (nSPS) is 41.3. The van der Waals surface area contributed by atoms with Crippen molar-refractivity contribution in [2.45, 2.75) is 38.4 Å². The van der Waals surface area contributed by atoms with Crippen molar-refractivity contribution in [1.82, 2.24) is 0 Å². The van der Waals surface area contributed by atoms with Gasteiger partial charge in [0.2, 0.25) is 0 Å². The minimum atomic E-state index is -1.22. The maximum Gasteiger partial charge on any atom is 0.303 e. The first kappa shape index (κ1) is 9.44. The molecular formula is C7H12O5. The highest BCUT2D eigenvalue weighted by Crippen LogP contribution is 2.21. The summed E-state index contributed by atoms with van der Waals surface area (Å²) in [5, 5.41) is 18.4. The van der Waals surface area contributed by atoms with E-state index in [1.54, 1.807) is 6.92 Å². The molecular weight excluding hydrogens is 164 g/mol. The predicted molar refractivity (Wildman–Crippen MR) is 38.1 cm³/mol. The summed E-state index contributed by atoms with van der Waals surface area (Å²) in [6.45, 7) is 2.81. The number of hydrogen-bond acceptors (Lipinski definition) is 5. The van der Waals surface area contributed by atoms with Crippen molar-refractivity contribution in [2.24, 2.45) is 0 Å². The Kier molecular flexibility index (Phi) is 2.66. The van der Waals surface area contributed by atoms with Crippen LogP contribution in [-0.4, -0.2) is 40.8 Å². The molecule has 1 fully saturated rings. The number of esters is 1. The van der Waals surface area contributed by atoms with Gasteiger partial charge in [-0.25, -0.2) is 0 Å². The molecule has 1 saturated heterocycles. The van der Waals surface area contributed by atoms with Gasteiger partial charge in [-0.05, 0) is 6.92 Å². The summed E-state index contributed by atoms with van der Waals surface area (Å²) in [6, 6.07) is 0. The maximum absolute atomic E-state index is 10.5. The standard InChI is InChI=1S/C7H12O5/c1-3-5(9)6(7(10)11-3)12-4(2)8/h3,5-7,9-10H,1-2H3. The second-order valence-corrected chi connectivity index (χ2v) is 2.80. The number of aliphatic hydroxyl groups excluding tert-OH is 2. The van der Waals surface area contributed by atoms with E-state index < -0.39 is 30.6 Å². The zero-order chi connectivity index (χ0) is 9.30. The van der Waals surface area contributed by atoms with E-state index in [0.29, 0.717) is 0 Å². The van der Waals surface area contributed by atoms with Gasteiger partial charge in [-0.1, -0.05) is 0 Å². The van der Waals surface area contributed by atoms with Crippen molar-refractivity contribution in [3.8, 4) is 0 Å². The third kappa shape index (κ3) is 1.74. The van der Waals surface area contributed by atoms with Crippen molar-refractivity contribution >= 4 is 5.97 Å². The quantitative estimate of drug-likeness (QED) is 0.502. The molecule has 0 saturated carbocycles. The minimum absolute atomic E-state index is 0.510. The monoisotopic (exact) mass is 176 g/mol. The largest absolute Gasteiger partial charge is 0.454 e. The molecule has 2 N–H and O–H groups in total. The highest BCUT2D eigenvalue weighted by atomic mass is 16.7. The van der Waals surface area contributed by atoms with Crippen molar-refractivity contribution < 1.29 is 24.5 Å². The summed E-state index contributed by atoms with van der Waals surface area (Å²) >= 11 is 0. The molecule has 12 heavy (non-hydrogen) atoms. The fourth-order valence-corrected chi connectivity index (χ4v) is 1.13. The third-order valence-corrected chi connectivity index (χ3v) is 1.75. The lowest BCUT2D eigenvalue weighted by Crippen LogP contribution is -2.35. The smallest absolute Gasteiger partial charge is 0.303 e. The van der Waals surface area contributed by atoms with Crippen LogP contribution >= 0.6 is 0 Å². The fourth-order valence-electron chi connectivity index (χ4n) is 1.13. The van der Waals surface area contributed by atoms with E-state index in [0.717, 1.165) is 0 Å². The van der Waals surface area contributed by atoms with Crippen LogP contribution in [0.3, 0.4) is 0 Å². The van der Waals surface area contributed by atoms with E-state index in [9.17, 15) is 9.90 Å². The molecule has 1 aliphatic heterocycles. The van der Waals surface area contributed by atoms with Gasteiger partial charge < -0.3 is 19.7 Å². The molecule has 1 rings (SSSR count). The molecule has 0 aromatic carbocycles. The molecule has 0 bridgehead atoms. The van der Waals surface area contributed by atoms with Gasteiger partial charge in [0.25, 0.3) is 0 Å². The molecule has 1 heterocycles. The van der Waals surface area contributed by atoms with Crippen LogP contribution in [0.5, 0.6) is 0 Å². The number of ether oxygens (including phenoxy) is 2. The fraction of sp³-hybridized carbons (Fsp3) is 0.857. The molecule has 0 radical (unpaired) electrons. The Balaban J connectivity index is 2.57. The Labute approximate surface area is 69.9 Å². The molecule has 0 aromatic heterocycles. The lowest BCUT2D eigenvalue weighted by molar-refractivity contribution is -0.169. The van der Waals surface area contributed by atoms with Crippen LogP contribution in [0.1, 0.15) is 13.8 Å². The Hall–Kier alpha value is -0.650. The SMILES string of the molecule is CC(=O)OC1C(O)OC(C)C1O. The molecule has 4 unspecified atom stereocenters. The second-order valence-electron chi connectivity index (χ2n) is 2.80. The van der Waals surface area contributed by atoms with E-state index in [-0.39, 0.29) is 0 Å². The molecule has 0 aromatic rings. The van der Waals surface area contributed by atoms with Crippen LogP contribution < -0.4 is 0 Å². The van der Waals surface area contributed by atoms with Gasteiger partial charge in [-0.15, -0.1) is 0 Å².